The van der Waals surface area contributed by atoms with Crippen molar-refractivity contribution < 1.29 is 29.2 Å². The zero-order chi connectivity index (χ0) is 17.7. The number of phenolic OH excluding ortho intramolecular Hbond substituents is 2. The van der Waals surface area contributed by atoms with Gasteiger partial charge in [0.25, 0.3) is 0 Å². The molecule has 0 amide bonds. The molecule has 126 valence electrons. The lowest BCUT2D eigenvalue weighted by Crippen LogP contribution is -2.07. The summed E-state index contributed by atoms with van der Waals surface area (Å²) in [5.74, 6) is -0.121. The minimum atomic E-state index is -0.539. The molecule has 0 unspecified atom stereocenters. The molecule has 0 bridgehead atoms. The van der Waals surface area contributed by atoms with Gasteiger partial charge in [0.2, 0.25) is 0 Å². The highest BCUT2D eigenvalue weighted by atomic mass is 16.5. The Morgan fingerprint density at radius 2 is 1.71 bits per heavy atom. The fourth-order valence-electron chi connectivity index (χ4n) is 2.17. The Hall–Kier alpha value is -3.15. The van der Waals surface area contributed by atoms with Gasteiger partial charge in [-0.1, -0.05) is 18.2 Å². The molecule has 0 fully saturated rings. The molecule has 0 heterocycles. The zero-order valence-electron chi connectivity index (χ0n) is 13.6. The normalized spacial score (nSPS) is 10.6. The van der Waals surface area contributed by atoms with Crippen molar-refractivity contribution in [1.82, 2.24) is 0 Å². The second-order valence-electron chi connectivity index (χ2n) is 4.87. The Labute approximate surface area is 139 Å². The number of hydrogen-bond donors (Lipinski definition) is 2. The van der Waals surface area contributed by atoms with Crippen LogP contribution in [0.5, 0.6) is 23.0 Å². The largest absolute Gasteiger partial charge is 0.504 e. The van der Waals surface area contributed by atoms with Crippen LogP contribution in [0.3, 0.4) is 0 Å². The van der Waals surface area contributed by atoms with Crippen LogP contribution in [0.15, 0.2) is 30.3 Å². The standard InChI is InChI=1S/C18H18O6/c1-22-13-9-12(17(18(21)24-3)16(10-13)23-2)6-4-11-5-7-14(19)15(20)8-11/h4-10,19-20H,1-3H3/b6-4+. The first-order chi connectivity index (χ1) is 11.5. The lowest BCUT2D eigenvalue weighted by atomic mass is 10.0. The van der Waals surface area contributed by atoms with Crippen LogP contribution in [0.4, 0.5) is 0 Å². The minimum absolute atomic E-state index is 0.203. The molecule has 2 N–H and O–H groups in total. The van der Waals surface area contributed by atoms with E-state index < -0.39 is 5.97 Å². The van der Waals surface area contributed by atoms with Crippen LogP contribution < -0.4 is 9.47 Å². The number of aromatic hydroxyl groups is 2. The summed E-state index contributed by atoms with van der Waals surface area (Å²) in [6.07, 6.45) is 3.35. The second kappa shape index (κ2) is 7.41. The predicted octanol–water partition coefficient (Wildman–Crippen LogP) is 3.07. The van der Waals surface area contributed by atoms with E-state index in [-0.39, 0.29) is 17.1 Å². The molecule has 0 aliphatic carbocycles. The van der Waals surface area contributed by atoms with Gasteiger partial charge >= 0.3 is 5.97 Å². The third-order valence-corrected chi connectivity index (χ3v) is 3.41. The van der Waals surface area contributed by atoms with Gasteiger partial charge in [-0.15, -0.1) is 0 Å². The molecule has 0 aliphatic heterocycles. The molecule has 0 saturated carbocycles. The van der Waals surface area contributed by atoms with E-state index in [1.165, 1.54) is 33.5 Å². The molecule has 6 heteroatoms. The van der Waals surface area contributed by atoms with E-state index in [0.717, 1.165) is 0 Å². The monoisotopic (exact) mass is 330 g/mol. The lowest BCUT2D eigenvalue weighted by Gasteiger charge is -2.12. The summed E-state index contributed by atoms with van der Waals surface area (Å²) < 4.78 is 15.3. The van der Waals surface area contributed by atoms with Crippen molar-refractivity contribution in [3.63, 3.8) is 0 Å². The fourth-order valence-corrected chi connectivity index (χ4v) is 2.17. The summed E-state index contributed by atoms with van der Waals surface area (Å²) in [5.41, 5.74) is 1.44. The summed E-state index contributed by atoms with van der Waals surface area (Å²) in [6, 6.07) is 7.67. The molecular weight excluding hydrogens is 312 g/mol. The van der Waals surface area contributed by atoms with E-state index in [1.807, 2.05) is 0 Å². The topological polar surface area (TPSA) is 85.2 Å². The first-order valence-corrected chi connectivity index (χ1v) is 7.04. The van der Waals surface area contributed by atoms with Crippen molar-refractivity contribution >= 4 is 18.1 Å². The highest BCUT2D eigenvalue weighted by Gasteiger charge is 2.18. The van der Waals surface area contributed by atoms with Gasteiger partial charge in [0.05, 0.1) is 21.3 Å². The third kappa shape index (κ3) is 3.60. The number of carbonyl (C=O) groups is 1. The molecule has 0 aliphatic rings. The van der Waals surface area contributed by atoms with Crippen LogP contribution in [0.2, 0.25) is 0 Å². The van der Waals surface area contributed by atoms with E-state index in [2.05, 4.69) is 0 Å². The number of ether oxygens (including phenoxy) is 3. The number of hydrogen-bond acceptors (Lipinski definition) is 6. The summed E-state index contributed by atoms with van der Waals surface area (Å²) in [4.78, 5) is 12.1. The Balaban J connectivity index is 2.52. The molecule has 0 saturated heterocycles. The molecule has 6 nitrogen and oxygen atoms in total. The maximum absolute atomic E-state index is 12.1. The molecule has 2 aromatic rings. The lowest BCUT2D eigenvalue weighted by molar-refractivity contribution is 0.0597. The Bertz CT molecular complexity index is 779. The van der Waals surface area contributed by atoms with Crippen LogP contribution >= 0.6 is 0 Å². The predicted molar refractivity (Wildman–Crippen MR) is 89.6 cm³/mol. The Morgan fingerprint density at radius 3 is 2.29 bits per heavy atom. The second-order valence-corrected chi connectivity index (χ2v) is 4.87. The molecule has 24 heavy (non-hydrogen) atoms. The van der Waals surface area contributed by atoms with E-state index >= 15 is 0 Å². The van der Waals surface area contributed by atoms with Crippen LogP contribution in [-0.2, 0) is 4.74 Å². The van der Waals surface area contributed by atoms with Crippen molar-refractivity contribution in [2.75, 3.05) is 21.3 Å². The number of methoxy groups -OCH3 is 3. The van der Waals surface area contributed by atoms with Gasteiger partial charge in [-0.25, -0.2) is 4.79 Å². The molecule has 0 radical (unpaired) electrons. The van der Waals surface area contributed by atoms with Crippen molar-refractivity contribution in [2.24, 2.45) is 0 Å². The number of esters is 1. The summed E-state index contributed by atoms with van der Waals surface area (Å²) in [5, 5.41) is 18.9. The average Bonchev–Trinajstić information content (AvgIpc) is 2.61. The quantitative estimate of drug-likeness (QED) is 0.498. The number of rotatable bonds is 5. The van der Waals surface area contributed by atoms with Gasteiger partial charge in [0, 0.05) is 6.07 Å². The first-order valence-electron chi connectivity index (χ1n) is 7.04. The summed E-state index contributed by atoms with van der Waals surface area (Å²) >= 11 is 0. The first kappa shape index (κ1) is 17.2. The van der Waals surface area contributed by atoms with Crippen molar-refractivity contribution in [2.45, 2.75) is 0 Å². The van der Waals surface area contributed by atoms with Gasteiger partial charge < -0.3 is 24.4 Å². The summed E-state index contributed by atoms with van der Waals surface area (Å²) in [7, 11) is 4.25. The van der Waals surface area contributed by atoms with Gasteiger partial charge in [0.1, 0.15) is 17.1 Å². The smallest absolute Gasteiger partial charge is 0.342 e. The van der Waals surface area contributed by atoms with Gasteiger partial charge in [-0.2, -0.15) is 0 Å². The van der Waals surface area contributed by atoms with Crippen LogP contribution in [-0.4, -0.2) is 37.5 Å². The van der Waals surface area contributed by atoms with E-state index in [9.17, 15) is 15.0 Å². The van der Waals surface area contributed by atoms with Crippen molar-refractivity contribution in [3.8, 4) is 23.0 Å². The zero-order valence-corrected chi connectivity index (χ0v) is 13.6. The molecule has 0 spiro atoms. The molecule has 2 rings (SSSR count). The molecule has 0 aromatic heterocycles. The van der Waals surface area contributed by atoms with Gasteiger partial charge in [-0.3, -0.25) is 0 Å². The van der Waals surface area contributed by atoms with Gasteiger partial charge in [0.15, 0.2) is 11.5 Å². The van der Waals surface area contributed by atoms with Crippen LogP contribution in [0.25, 0.3) is 12.2 Å². The Kier molecular flexibility index (Phi) is 5.31. The summed E-state index contributed by atoms with van der Waals surface area (Å²) in [6.45, 7) is 0. The fraction of sp³-hybridized carbons (Fsp3) is 0.167. The SMILES string of the molecule is COC(=O)c1c(/C=C/c2ccc(O)c(O)c2)cc(OC)cc1OC. The average molecular weight is 330 g/mol. The van der Waals surface area contributed by atoms with E-state index in [0.29, 0.717) is 22.6 Å². The third-order valence-electron chi connectivity index (χ3n) is 3.41. The van der Waals surface area contributed by atoms with E-state index in [1.54, 1.807) is 30.4 Å². The van der Waals surface area contributed by atoms with Crippen molar-refractivity contribution in [3.05, 3.63) is 47.0 Å². The maximum atomic E-state index is 12.1. The minimum Gasteiger partial charge on any atom is -0.504 e. The Morgan fingerprint density at radius 1 is 0.958 bits per heavy atom. The number of benzene rings is 2. The highest BCUT2D eigenvalue weighted by Crippen LogP contribution is 2.31. The van der Waals surface area contributed by atoms with Gasteiger partial charge in [-0.05, 0) is 29.3 Å². The maximum Gasteiger partial charge on any atom is 0.342 e. The van der Waals surface area contributed by atoms with Crippen LogP contribution in [0.1, 0.15) is 21.5 Å². The van der Waals surface area contributed by atoms with E-state index in [4.69, 9.17) is 14.2 Å². The number of carbonyl (C=O) groups excluding carboxylic acids is 1. The molecule has 2 aromatic carbocycles. The number of phenols is 2. The van der Waals surface area contributed by atoms with Crippen molar-refractivity contribution in [1.29, 1.82) is 0 Å². The molecular formula is C18H18O6. The molecule has 0 atom stereocenters. The van der Waals surface area contributed by atoms with Crippen LogP contribution in [0, 0.1) is 0 Å². The highest BCUT2D eigenvalue weighted by molar-refractivity contribution is 5.98.